The van der Waals surface area contributed by atoms with Crippen molar-refractivity contribution in [2.45, 2.75) is 45.4 Å². The van der Waals surface area contributed by atoms with E-state index in [1.807, 2.05) is 9.80 Å². The van der Waals surface area contributed by atoms with E-state index in [-0.39, 0.29) is 5.91 Å². The minimum absolute atomic E-state index is 0.200. The van der Waals surface area contributed by atoms with Gasteiger partial charge in [0, 0.05) is 66.5 Å². The van der Waals surface area contributed by atoms with Crippen LogP contribution in [0.1, 0.15) is 45.4 Å². The first-order valence-corrected chi connectivity index (χ1v) is 10.1. The summed E-state index contributed by atoms with van der Waals surface area (Å²) in [5, 5.41) is 0. The van der Waals surface area contributed by atoms with Crippen LogP contribution in [0.2, 0.25) is 0 Å². The van der Waals surface area contributed by atoms with Crippen molar-refractivity contribution in [3.05, 3.63) is 0 Å². The molecular formula is C20H36N2O4. The number of ether oxygens (including phenoxy) is 2. The molecule has 0 bridgehead atoms. The van der Waals surface area contributed by atoms with Gasteiger partial charge in [0.1, 0.15) is 0 Å². The van der Waals surface area contributed by atoms with Crippen LogP contribution in [0.4, 0.5) is 0 Å². The van der Waals surface area contributed by atoms with Gasteiger partial charge < -0.3 is 19.3 Å². The molecule has 2 saturated heterocycles. The standard InChI is InChI=1S/C11H19NO2.C9H17NO2/c1-14-8-9-4-6-12(7-5-9)11(13)10-2-3-10;1-8(11)10-5-3-9(4-6-10)7-12-2/h9-10H,2-8H2,1H3;9H,3-7H2,1-2H3. The Labute approximate surface area is 158 Å². The van der Waals surface area contributed by atoms with E-state index in [4.69, 9.17) is 9.47 Å². The fourth-order valence-corrected chi connectivity index (χ4v) is 3.79. The van der Waals surface area contributed by atoms with Gasteiger partial charge in [-0.05, 0) is 50.4 Å². The molecule has 0 radical (unpaired) electrons. The summed E-state index contributed by atoms with van der Waals surface area (Å²) >= 11 is 0. The fourth-order valence-electron chi connectivity index (χ4n) is 3.79. The van der Waals surface area contributed by atoms with Gasteiger partial charge in [0.05, 0.1) is 0 Å². The van der Waals surface area contributed by atoms with Gasteiger partial charge in [-0.15, -0.1) is 0 Å². The van der Waals surface area contributed by atoms with E-state index in [0.717, 1.165) is 77.9 Å². The lowest BCUT2D eigenvalue weighted by Crippen LogP contribution is -2.40. The zero-order valence-electron chi connectivity index (χ0n) is 16.7. The van der Waals surface area contributed by atoms with Crippen LogP contribution in [0, 0.1) is 17.8 Å². The van der Waals surface area contributed by atoms with Gasteiger partial charge >= 0.3 is 0 Å². The van der Waals surface area contributed by atoms with Gasteiger partial charge in [0.25, 0.3) is 0 Å². The van der Waals surface area contributed by atoms with Crippen molar-refractivity contribution in [1.29, 1.82) is 0 Å². The Kier molecular flexibility index (Phi) is 8.85. The van der Waals surface area contributed by atoms with Gasteiger partial charge in [0.2, 0.25) is 11.8 Å². The Morgan fingerprint density at radius 1 is 0.769 bits per heavy atom. The third-order valence-corrected chi connectivity index (χ3v) is 5.72. The third-order valence-electron chi connectivity index (χ3n) is 5.72. The number of rotatable bonds is 5. The minimum atomic E-state index is 0.200. The number of hydrogen-bond donors (Lipinski definition) is 0. The number of likely N-dealkylation sites (tertiary alicyclic amines) is 2. The summed E-state index contributed by atoms with van der Waals surface area (Å²) in [6, 6.07) is 0. The summed E-state index contributed by atoms with van der Waals surface area (Å²) in [6.45, 7) is 7.04. The highest BCUT2D eigenvalue weighted by Crippen LogP contribution is 2.32. The Bertz CT molecular complexity index is 437. The van der Waals surface area contributed by atoms with Crippen molar-refractivity contribution >= 4 is 11.8 Å². The van der Waals surface area contributed by atoms with Crippen LogP contribution in [0.5, 0.6) is 0 Å². The first-order valence-electron chi connectivity index (χ1n) is 10.1. The average molecular weight is 369 g/mol. The van der Waals surface area contributed by atoms with E-state index < -0.39 is 0 Å². The third kappa shape index (κ3) is 6.88. The SMILES string of the molecule is COCC1CCN(C(=O)C2CC2)CC1.COCC1CCN(C(C)=O)CC1. The maximum atomic E-state index is 11.7. The second-order valence-corrected chi connectivity index (χ2v) is 7.90. The molecule has 6 heteroatoms. The Hall–Kier alpha value is -1.14. The predicted octanol–water partition coefficient (Wildman–Crippen LogP) is 2.17. The van der Waals surface area contributed by atoms with Crippen LogP contribution in [0.25, 0.3) is 0 Å². The molecule has 1 saturated carbocycles. The van der Waals surface area contributed by atoms with Crippen LogP contribution >= 0.6 is 0 Å². The summed E-state index contributed by atoms with van der Waals surface area (Å²) in [5.41, 5.74) is 0. The summed E-state index contributed by atoms with van der Waals surface area (Å²) in [6.07, 6.45) is 6.66. The van der Waals surface area contributed by atoms with Gasteiger partial charge in [-0.3, -0.25) is 9.59 Å². The summed E-state index contributed by atoms with van der Waals surface area (Å²) in [5.74, 6) is 2.31. The summed E-state index contributed by atoms with van der Waals surface area (Å²) in [7, 11) is 3.49. The van der Waals surface area contributed by atoms with E-state index in [2.05, 4.69) is 0 Å². The van der Waals surface area contributed by atoms with Crippen molar-refractivity contribution in [1.82, 2.24) is 9.80 Å². The average Bonchev–Trinajstić information content (AvgIpc) is 3.49. The molecule has 0 spiro atoms. The van der Waals surface area contributed by atoms with Crippen molar-refractivity contribution in [3.63, 3.8) is 0 Å². The number of nitrogens with zero attached hydrogens (tertiary/aromatic N) is 2. The zero-order valence-corrected chi connectivity index (χ0v) is 16.7. The Morgan fingerprint density at radius 2 is 1.19 bits per heavy atom. The van der Waals surface area contributed by atoms with Crippen molar-refractivity contribution in [3.8, 4) is 0 Å². The molecule has 2 amide bonds. The number of hydrogen-bond acceptors (Lipinski definition) is 4. The molecule has 3 rings (SSSR count). The highest BCUT2D eigenvalue weighted by Gasteiger charge is 2.34. The summed E-state index contributed by atoms with van der Waals surface area (Å²) < 4.78 is 10.2. The second-order valence-electron chi connectivity index (χ2n) is 7.90. The van der Waals surface area contributed by atoms with Gasteiger partial charge in [-0.2, -0.15) is 0 Å². The highest BCUT2D eigenvalue weighted by atomic mass is 16.5. The van der Waals surface area contributed by atoms with Crippen LogP contribution in [0.3, 0.4) is 0 Å². The molecule has 0 unspecified atom stereocenters. The molecule has 2 heterocycles. The van der Waals surface area contributed by atoms with Crippen molar-refractivity contribution in [2.24, 2.45) is 17.8 Å². The lowest BCUT2D eigenvalue weighted by Gasteiger charge is -2.31. The van der Waals surface area contributed by atoms with Crippen molar-refractivity contribution in [2.75, 3.05) is 53.6 Å². The summed E-state index contributed by atoms with van der Waals surface area (Å²) in [4.78, 5) is 26.6. The second kappa shape index (κ2) is 10.9. The molecule has 1 aliphatic carbocycles. The molecule has 0 aromatic carbocycles. The molecule has 0 aromatic rings. The molecule has 6 nitrogen and oxygen atoms in total. The lowest BCUT2D eigenvalue weighted by molar-refractivity contribution is -0.134. The molecule has 150 valence electrons. The minimum Gasteiger partial charge on any atom is -0.384 e. The molecular weight excluding hydrogens is 332 g/mol. The smallest absolute Gasteiger partial charge is 0.225 e. The molecule has 2 aliphatic heterocycles. The highest BCUT2D eigenvalue weighted by molar-refractivity contribution is 5.81. The van der Waals surface area contributed by atoms with E-state index in [1.54, 1.807) is 21.1 Å². The molecule has 3 aliphatic rings. The maximum Gasteiger partial charge on any atom is 0.225 e. The quantitative estimate of drug-likeness (QED) is 0.746. The number of methoxy groups -OCH3 is 2. The van der Waals surface area contributed by atoms with Crippen LogP contribution in [0.15, 0.2) is 0 Å². The van der Waals surface area contributed by atoms with E-state index >= 15 is 0 Å². The van der Waals surface area contributed by atoms with Crippen LogP contribution in [-0.2, 0) is 19.1 Å². The van der Waals surface area contributed by atoms with E-state index in [0.29, 0.717) is 23.7 Å². The van der Waals surface area contributed by atoms with Gasteiger partial charge in [-0.1, -0.05) is 0 Å². The molecule has 3 fully saturated rings. The number of piperidine rings is 2. The number of carbonyl (C=O) groups is 2. The first-order chi connectivity index (χ1) is 12.5. The number of amides is 2. The maximum absolute atomic E-state index is 11.7. The Morgan fingerprint density at radius 3 is 1.54 bits per heavy atom. The largest absolute Gasteiger partial charge is 0.384 e. The molecule has 26 heavy (non-hydrogen) atoms. The van der Waals surface area contributed by atoms with Gasteiger partial charge in [-0.25, -0.2) is 0 Å². The number of carbonyl (C=O) groups excluding carboxylic acids is 2. The van der Waals surface area contributed by atoms with Crippen LogP contribution < -0.4 is 0 Å². The van der Waals surface area contributed by atoms with E-state index in [1.165, 1.54) is 0 Å². The lowest BCUT2D eigenvalue weighted by atomic mass is 9.97. The zero-order chi connectivity index (χ0) is 18.9. The van der Waals surface area contributed by atoms with E-state index in [9.17, 15) is 9.59 Å². The predicted molar refractivity (Wildman–Crippen MR) is 101 cm³/mol. The Balaban J connectivity index is 0.000000190. The van der Waals surface area contributed by atoms with Gasteiger partial charge in [0.15, 0.2) is 0 Å². The monoisotopic (exact) mass is 368 g/mol. The topological polar surface area (TPSA) is 59.1 Å². The van der Waals surface area contributed by atoms with Crippen molar-refractivity contribution < 1.29 is 19.1 Å². The fraction of sp³-hybridized carbons (Fsp3) is 0.900. The first kappa shape index (κ1) is 21.2. The normalized spacial score (nSPS) is 22.0. The molecule has 0 N–H and O–H groups in total. The van der Waals surface area contributed by atoms with Crippen LogP contribution in [-0.4, -0.2) is 75.2 Å². The molecule has 0 atom stereocenters. The molecule has 0 aromatic heterocycles.